The number of nitrogens with zero attached hydrogens (tertiary/aromatic N) is 2. The number of aryl methyl sites for hydroxylation is 1. The number of hydrogen-bond donors (Lipinski definition) is 1. The van der Waals surface area contributed by atoms with Crippen molar-refractivity contribution in [1.29, 1.82) is 0 Å². The summed E-state index contributed by atoms with van der Waals surface area (Å²) >= 11 is 1.56. The lowest BCUT2D eigenvalue weighted by atomic mass is 9.91. The largest absolute Gasteiger partial charge is 0.340 e. The first kappa shape index (κ1) is 15.0. The molecule has 2 heterocycles. The van der Waals surface area contributed by atoms with Gasteiger partial charge < -0.3 is 10.2 Å². The zero-order chi connectivity index (χ0) is 14.9. The molecule has 1 saturated heterocycles. The second kappa shape index (κ2) is 5.52. The van der Waals surface area contributed by atoms with Gasteiger partial charge in [0.05, 0.1) is 17.2 Å². The molecule has 110 valence electrons. The SMILES string of the molecule is CCC1C(=O)NC(C)(CC)C(=O)N1Cc1csc(C)n1. The zero-order valence-electron chi connectivity index (χ0n) is 12.4. The van der Waals surface area contributed by atoms with E-state index >= 15 is 0 Å². The fourth-order valence-corrected chi connectivity index (χ4v) is 3.10. The number of carbonyl (C=O) groups is 2. The number of nitrogens with one attached hydrogen (secondary N) is 1. The van der Waals surface area contributed by atoms with Crippen LogP contribution in [0.5, 0.6) is 0 Å². The topological polar surface area (TPSA) is 62.3 Å². The third-order valence-corrected chi connectivity index (χ3v) is 4.73. The lowest BCUT2D eigenvalue weighted by Gasteiger charge is -2.43. The molecule has 1 aromatic heterocycles. The highest BCUT2D eigenvalue weighted by Gasteiger charge is 2.46. The third-order valence-electron chi connectivity index (χ3n) is 3.90. The van der Waals surface area contributed by atoms with Crippen LogP contribution in [0, 0.1) is 6.92 Å². The summed E-state index contributed by atoms with van der Waals surface area (Å²) in [5.41, 5.74) is 0.0563. The monoisotopic (exact) mass is 295 g/mol. The Kier molecular flexibility index (Phi) is 4.13. The Balaban J connectivity index is 2.29. The minimum Gasteiger partial charge on any atom is -0.340 e. The Morgan fingerprint density at radius 3 is 2.65 bits per heavy atom. The normalized spacial score (nSPS) is 26.8. The molecule has 1 aliphatic heterocycles. The summed E-state index contributed by atoms with van der Waals surface area (Å²) in [5, 5.41) is 5.79. The molecule has 0 aromatic carbocycles. The molecule has 1 aromatic rings. The predicted molar refractivity (Wildman–Crippen MR) is 78.3 cm³/mol. The van der Waals surface area contributed by atoms with E-state index in [1.54, 1.807) is 23.2 Å². The highest BCUT2D eigenvalue weighted by atomic mass is 32.1. The molecule has 1 aliphatic rings. The Hall–Kier alpha value is -1.43. The van der Waals surface area contributed by atoms with Crippen LogP contribution in [0.3, 0.4) is 0 Å². The highest BCUT2D eigenvalue weighted by molar-refractivity contribution is 7.09. The van der Waals surface area contributed by atoms with E-state index in [-0.39, 0.29) is 11.8 Å². The van der Waals surface area contributed by atoms with E-state index in [1.807, 2.05) is 26.2 Å². The minimum atomic E-state index is -0.798. The number of aromatic nitrogens is 1. The second-order valence-electron chi connectivity index (χ2n) is 5.39. The van der Waals surface area contributed by atoms with Crippen molar-refractivity contribution in [3.05, 3.63) is 16.1 Å². The highest BCUT2D eigenvalue weighted by Crippen LogP contribution is 2.25. The van der Waals surface area contributed by atoms with E-state index < -0.39 is 11.6 Å². The fourth-order valence-electron chi connectivity index (χ4n) is 2.49. The number of carbonyl (C=O) groups excluding carboxylic acids is 2. The maximum Gasteiger partial charge on any atom is 0.249 e. The van der Waals surface area contributed by atoms with Gasteiger partial charge in [-0.3, -0.25) is 9.59 Å². The molecule has 1 fully saturated rings. The van der Waals surface area contributed by atoms with Crippen LogP contribution in [0.4, 0.5) is 0 Å². The van der Waals surface area contributed by atoms with Crippen molar-refractivity contribution in [3.8, 4) is 0 Å². The van der Waals surface area contributed by atoms with Gasteiger partial charge in [0.2, 0.25) is 11.8 Å². The van der Waals surface area contributed by atoms with Gasteiger partial charge in [-0.25, -0.2) is 4.98 Å². The van der Waals surface area contributed by atoms with E-state index in [0.717, 1.165) is 10.7 Å². The first-order valence-corrected chi connectivity index (χ1v) is 7.83. The number of thiazole rings is 1. The summed E-state index contributed by atoms with van der Waals surface area (Å²) in [6, 6.07) is -0.399. The molecule has 2 unspecified atom stereocenters. The van der Waals surface area contributed by atoms with Crippen LogP contribution < -0.4 is 5.32 Å². The van der Waals surface area contributed by atoms with Gasteiger partial charge in [-0.05, 0) is 26.7 Å². The van der Waals surface area contributed by atoms with Crippen LogP contribution >= 0.6 is 11.3 Å². The van der Waals surface area contributed by atoms with E-state index in [0.29, 0.717) is 19.4 Å². The minimum absolute atomic E-state index is 0.0166. The van der Waals surface area contributed by atoms with Crippen LogP contribution in [0.2, 0.25) is 0 Å². The van der Waals surface area contributed by atoms with Crippen LogP contribution in [-0.4, -0.2) is 33.3 Å². The van der Waals surface area contributed by atoms with E-state index in [2.05, 4.69) is 10.3 Å². The van der Waals surface area contributed by atoms with Crippen molar-refractivity contribution in [3.63, 3.8) is 0 Å². The molecule has 0 radical (unpaired) electrons. The quantitative estimate of drug-likeness (QED) is 0.922. The summed E-state index contributed by atoms with van der Waals surface area (Å²) in [5.74, 6) is -0.0829. The molecular formula is C14H21N3O2S. The van der Waals surface area contributed by atoms with E-state index in [4.69, 9.17) is 0 Å². The Morgan fingerprint density at radius 1 is 1.45 bits per heavy atom. The van der Waals surface area contributed by atoms with Gasteiger partial charge >= 0.3 is 0 Å². The maximum absolute atomic E-state index is 12.7. The summed E-state index contributed by atoms with van der Waals surface area (Å²) in [6.07, 6.45) is 1.20. The number of hydrogen-bond acceptors (Lipinski definition) is 4. The first-order valence-electron chi connectivity index (χ1n) is 6.95. The van der Waals surface area contributed by atoms with Crippen molar-refractivity contribution in [2.45, 2.75) is 58.7 Å². The fraction of sp³-hybridized carbons (Fsp3) is 0.643. The van der Waals surface area contributed by atoms with Gasteiger partial charge in [0, 0.05) is 5.38 Å². The van der Waals surface area contributed by atoms with Crippen molar-refractivity contribution in [1.82, 2.24) is 15.2 Å². The molecule has 1 N–H and O–H groups in total. The maximum atomic E-state index is 12.7. The van der Waals surface area contributed by atoms with Crippen LogP contribution in [0.25, 0.3) is 0 Å². The second-order valence-corrected chi connectivity index (χ2v) is 6.45. The molecule has 5 nitrogen and oxygen atoms in total. The molecule has 0 saturated carbocycles. The number of rotatable bonds is 4. The van der Waals surface area contributed by atoms with Gasteiger partial charge in [-0.1, -0.05) is 13.8 Å². The Morgan fingerprint density at radius 2 is 2.15 bits per heavy atom. The average molecular weight is 295 g/mol. The van der Waals surface area contributed by atoms with Crippen molar-refractivity contribution in [2.75, 3.05) is 0 Å². The van der Waals surface area contributed by atoms with Gasteiger partial charge in [0.15, 0.2) is 0 Å². The van der Waals surface area contributed by atoms with Crippen molar-refractivity contribution >= 4 is 23.2 Å². The lowest BCUT2D eigenvalue weighted by Crippen LogP contribution is -2.68. The van der Waals surface area contributed by atoms with Crippen LogP contribution in [0.1, 0.15) is 44.3 Å². The van der Waals surface area contributed by atoms with Gasteiger partial charge in [-0.15, -0.1) is 11.3 Å². The van der Waals surface area contributed by atoms with Crippen molar-refractivity contribution < 1.29 is 9.59 Å². The third kappa shape index (κ3) is 2.57. The smallest absolute Gasteiger partial charge is 0.249 e. The number of amides is 2. The molecule has 2 amide bonds. The van der Waals surface area contributed by atoms with Gasteiger partial charge in [0.1, 0.15) is 11.6 Å². The predicted octanol–water partition coefficient (Wildman–Crippen LogP) is 1.86. The molecule has 6 heteroatoms. The van der Waals surface area contributed by atoms with Gasteiger partial charge in [0.25, 0.3) is 0 Å². The zero-order valence-corrected chi connectivity index (χ0v) is 13.2. The Bertz CT molecular complexity index is 528. The average Bonchev–Trinajstić information content (AvgIpc) is 2.81. The molecule has 0 aliphatic carbocycles. The summed E-state index contributed by atoms with van der Waals surface area (Å²) in [4.78, 5) is 31.0. The summed E-state index contributed by atoms with van der Waals surface area (Å²) in [6.45, 7) is 7.97. The molecule has 2 rings (SSSR count). The van der Waals surface area contributed by atoms with E-state index in [9.17, 15) is 9.59 Å². The summed E-state index contributed by atoms with van der Waals surface area (Å²) < 4.78 is 0. The standard InChI is InChI=1S/C14H21N3O2S/c1-5-11-12(18)16-14(4,6-2)13(19)17(11)7-10-8-20-9(3)15-10/h8,11H,5-7H2,1-4H3,(H,16,18). The van der Waals surface area contributed by atoms with Gasteiger partial charge in [-0.2, -0.15) is 0 Å². The molecule has 0 bridgehead atoms. The lowest BCUT2D eigenvalue weighted by molar-refractivity contribution is -0.155. The molecular weight excluding hydrogens is 274 g/mol. The Labute approximate surface area is 123 Å². The van der Waals surface area contributed by atoms with E-state index in [1.165, 1.54) is 0 Å². The summed E-state index contributed by atoms with van der Waals surface area (Å²) in [7, 11) is 0. The molecule has 2 atom stereocenters. The molecule has 20 heavy (non-hydrogen) atoms. The molecule has 0 spiro atoms. The first-order chi connectivity index (χ1) is 9.41. The van der Waals surface area contributed by atoms with Crippen LogP contribution in [-0.2, 0) is 16.1 Å². The van der Waals surface area contributed by atoms with Crippen LogP contribution in [0.15, 0.2) is 5.38 Å². The van der Waals surface area contributed by atoms with Crippen molar-refractivity contribution in [2.24, 2.45) is 0 Å². The number of piperazine rings is 1.